The van der Waals surface area contributed by atoms with Crippen LogP contribution in [-0.4, -0.2) is 16.9 Å². The minimum atomic E-state index is -0.944. The quantitative estimate of drug-likeness (QED) is 0.494. The molecule has 0 saturated carbocycles. The van der Waals surface area contributed by atoms with Gasteiger partial charge in [-0.2, -0.15) is 0 Å². The van der Waals surface area contributed by atoms with E-state index >= 15 is 0 Å². The number of benzene rings is 3. The van der Waals surface area contributed by atoms with Gasteiger partial charge in [-0.05, 0) is 94.0 Å². The summed E-state index contributed by atoms with van der Waals surface area (Å²) in [6.07, 6.45) is 2.26. The van der Waals surface area contributed by atoms with Gasteiger partial charge in [-0.1, -0.05) is 45.9 Å². The van der Waals surface area contributed by atoms with E-state index in [4.69, 9.17) is 5.11 Å². The lowest BCUT2D eigenvalue weighted by atomic mass is 9.62. The second-order valence-corrected chi connectivity index (χ2v) is 9.85. The molecule has 0 amide bonds. The normalized spacial score (nSPS) is 16.8. The predicted molar refractivity (Wildman–Crippen MR) is 122 cm³/mol. The number of rotatable bonds is 3. The molecule has 4 rings (SSSR count). The number of fused-ring (bicyclic) bond motifs is 2. The molecule has 3 nitrogen and oxygen atoms in total. The van der Waals surface area contributed by atoms with E-state index in [1.165, 1.54) is 11.1 Å². The standard InChI is InChI=1S/C27H28O3/c1-16(28)21-13-19(17-6-8-18(9-7-17)25(29)30)12-20-14-23-24(15-22(20)21)27(4,5)11-10-26(23,2)3/h6-9,12-15H,10-11H2,1-5H3,(H,29,30). The van der Waals surface area contributed by atoms with Crippen LogP contribution in [-0.2, 0) is 10.8 Å². The number of carbonyl (C=O) groups excluding carboxylic acids is 1. The molecular formula is C27H28O3. The van der Waals surface area contributed by atoms with Gasteiger partial charge in [0.05, 0.1) is 5.56 Å². The summed E-state index contributed by atoms with van der Waals surface area (Å²) in [6.45, 7) is 10.8. The SMILES string of the molecule is CC(=O)c1cc(-c2ccc(C(=O)O)cc2)cc2cc3c(cc12)C(C)(C)CCC3(C)C. The van der Waals surface area contributed by atoms with E-state index < -0.39 is 5.97 Å². The third kappa shape index (κ3) is 3.32. The fourth-order valence-corrected chi connectivity index (χ4v) is 4.69. The number of carboxylic acids is 1. The molecule has 0 heterocycles. The summed E-state index contributed by atoms with van der Waals surface area (Å²) in [5, 5.41) is 11.2. The number of aromatic carboxylic acids is 1. The van der Waals surface area contributed by atoms with E-state index in [-0.39, 0.29) is 22.2 Å². The van der Waals surface area contributed by atoms with Crippen LogP contribution >= 0.6 is 0 Å². The van der Waals surface area contributed by atoms with Gasteiger partial charge in [-0.3, -0.25) is 4.79 Å². The van der Waals surface area contributed by atoms with E-state index in [2.05, 4.69) is 45.9 Å². The number of carboxylic acid groups (broad SMARTS) is 1. The summed E-state index contributed by atoms with van der Waals surface area (Å²) in [6, 6.07) is 15.4. The van der Waals surface area contributed by atoms with E-state index in [9.17, 15) is 9.59 Å². The number of Topliss-reactive ketones (excluding diaryl/α,β-unsaturated/α-hetero) is 1. The van der Waals surface area contributed by atoms with Crippen molar-refractivity contribution in [1.29, 1.82) is 0 Å². The maximum absolute atomic E-state index is 12.6. The van der Waals surface area contributed by atoms with Crippen molar-refractivity contribution in [2.75, 3.05) is 0 Å². The number of carbonyl (C=O) groups is 2. The molecule has 1 N–H and O–H groups in total. The third-order valence-electron chi connectivity index (χ3n) is 6.77. The maximum Gasteiger partial charge on any atom is 0.335 e. The molecule has 0 radical (unpaired) electrons. The van der Waals surface area contributed by atoms with Crippen molar-refractivity contribution in [1.82, 2.24) is 0 Å². The third-order valence-corrected chi connectivity index (χ3v) is 6.77. The first-order chi connectivity index (χ1) is 14.0. The predicted octanol–water partition coefficient (Wildman–Crippen LogP) is 6.76. The zero-order chi connectivity index (χ0) is 21.8. The van der Waals surface area contributed by atoms with Gasteiger partial charge in [0.2, 0.25) is 0 Å². The van der Waals surface area contributed by atoms with Gasteiger partial charge in [0.15, 0.2) is 5.78 Å². The van der Waals surface area contributed by atoms with Crippen LogP contribution in [0.3, 0.4) is 0 Å². The number of hydrogen-bond donors (Lipinski definition) is 1. The average molecular weight is 401 g/mol. The van der Waals surface area contributed by atoms with Crippen LogP contribution in [0.25, 0.3) is 21.9 Å². The fourth-order valence-electron chi connectivity index (χ4n) is 4.69. The molecule has 30 heavy (non-hydrogen) atoms. The van der Waals surface area contributed by atoms with Gasteiger partial charge < -0.3 is 5.11 Å². The Balaban J connectivity index is 1.98. The van der Waals surface area contributed by atoms with Crippen molar-refractivity contribution in [2.24, 2.45) is 0 Å². The molecule has 0 unspecified atom stereocenters. The van der Waals surface area contributed by atoms with Crippen molar-refractivity contribution in [3.63, 3.8) is 0 Å². The van der Waals surface area contributed by atoms with Gasteiger partial charge in [-0.25, -0.2) is 4.79 Å². The van der Waals surface area contributed by atoms with E-state index in [1.54, 1.807) is 31.2 Å². The lowest BCUT2D eigenvalue weighted by Gasteiger charge is -2.42. The Morgan fingerprint density at radius 3 is 1.90 bits per heavy atom. The summed E-state index contributed by atoms with van der Waals surface area (Å²) >= 11 is 0. The molecule has 0 saturated heterocycles. The molecule has 3 aromatic rings. The fraction of sp³-hybridized carbons (Fsp3) is 0.333. The molecule has 0 aromatic heterocycles. The van der Waals surface area contributed by atoms with Gasteiger partial charge in [-0.15, -0.1) is 0 Å². The molecule has 1 aliphatic rings. The molecule has 3 heteroatoms. The van der Waals surface area contributed by atoms with Crippen LogP contribution in [0.2, 0.25) is 0 Å². The Morgan fingerprint density at radius 1 is 0.800 bits per heavy atom. The van der Waals surface area contributed by atoms with Crippen molar-refractivity contribution in [3.05, 3.63) is 70.8 Å². The minimum absolute atomic E-state index is 0.0387. The topological polar surface area (TPSA) is 54.4 Å². The van der Waals surface area contributed by atoms with Gasteiger partial charge >= 0.3 is 5.97 Å². The van der Waals surface area contributed by atoms with Crippen molar-refractivity contribution < 1.29 is 14.7 Å². The average Bonchev–Trinajstić information content (AvgIpc) is 2.69. The van der Waals surface area contributed by atoms with E-state index in [0.717, 1.165) is 34.7 Å². The molecule has 3 aromatic carbocycles. The first-order valence-corrected chi connectivity index (χ1v) is 10.5. The Hall–Kier alpha value is -2.94. The molecule has 1 aliphatic carbocycles. The highest BCUT2D eigenvalue weighted by atomic mass is 16.4. The monoisotopic (exact) mass is 400 g/mol. The highest BCUT2D eigenvalue weighted by molar-refractivity contribution is 6.09. The Labute approximate surface area is 177 Å². The maximum atomic E-state index is 12.6. The summed E-state index contributed by atoms with van der Waals surface area (Å²) < 4.78 is 0. The Bertz CT molecular complexity index is 1180. The largest absolute Gasteiger partial charge is 0.478 e. The zero-order valence-corrected chi connectivity index (χ0v) is 18.3. The molecule has 0 bridgehead atoms. The van der Waals surface area contributed by atoms with Crippen LogP contribution in [0.15, 0.2) is 48.5 Å². The molecule has 0 aliphatic heterocycles. The van der Waals surface area contributed by atoms with E-state index in [1.807, 2.05) is 6.07 Å². The summed E-state index contributed by atoms with van der Waals surface area (Å²) in [5.41, 5.74) is 5.68. The summed E-state index contributed by atoms with van der Waals surface area (Å²) in [7, 11) is 0. The van der Waals surface area contributed by atoms with Gasteiger partial charge in [0.25, 0.3) is 0 Å². The molecule has 0 spiro atoms. The second-order valence-electron chi connectivity index (χ2n) is 9.85. The van der Waals surface area contributed by atoms with Crippen LogP contribution < -0.4 is 0 Å². The van der Waals surface area contributed by atoms with Crippen LogP contribution in [0, 0.1) is 0 Å². The lowest BCUT2D eigenvalue weighted by Crippen LogP contribution is -2.33. The molecule has 154 valence electrons. The highest BCUT2D eigenvalue weighted by Gasteiger charge is 2.37. The van der Waals surface area contributed by atoms with Crippen molar-refractivity contribution >= 4 is 22.5 Å². The first kappa shape index (κ1) is 20.3. The van der Waals surface area contributed by atoms with Crippen LogP contribution in [0.5, 0.6) is 0 Å². The first-order valence-electron chi connectivity index (χ1n) is 10.5. The van der Waals surface area contributed by atoms with Crippen LogP contribution in [0.4, 0.5) is 0 Å². The second kappa shape index (κ2) is 6.80. The zero-order valence-electron chi connectivity index (χ0n) is 18.3. The molecule has 0 fully saturated rings. The molecular weight excluding hydrogens is 372 g/mol. The van der Waals surface area contributed by atoms with E-state index in [0.29, 0.717) is 5.56 Å². The van der Waals surface area contributed by atoms with Gasteiger partial charge in [0, 0.05) is 5.56 Å². The van der Waals surface area contributed by atoms with Crippen molar-refractivity contribution in [2.45, 2.75) is 58.3 Å². The van der Waals surface area contributed by atoms with Gasteiger partial charge in [0.1, 0.15) is 0 Å². The van der Waals surface area contributed by atoms with Crippen LogP contribution in [0.1, 0.15) is 79.3 Å². The number of hydrogen-bond acceptors (Lipinski definition) is 2. The highest BCUT2D eigenvalue weighted by Crippen LogP contribution is 2.47. The lowest BCUT2D eigenvalue weighted by molar-refractivity contribution is 0.0696. The minimum Gasteiger partial charge on any atom is -0.478 e. The van der Waals surface area contributed by atoms with Crippen molar-refractivity contribution in [3.8, 4) is 11.1 Å². The Kier molecular flexibility index (Phi) is 4.61. The number of ketones is 1. The smallest absolute Gasteiger partial charge is 0.335 e. The Morgan fingerprint density at radius 2 is 1.37 bits per heavy atom. The summed E-state index contributed by atoms with van der Waals surface area (Å²) in [4.78, 5) is 23.7. The summed E-state index contributed by atoms with van der Waals surface area (Å²) in [5.74, 6) is -0.905. The molecule has 0 atom stereocenters.